The fourth-order valence-electron chi connectivity index (χ4n) is 3.77. The Hall–Kier alpha value is -2.50. The molecular formula is C19H17ClF2N6O2S. The molecule has 0 spiro atoms. The van der Waals surface area contributed by atoms with Gasteiger partial charge >= 0.3 is 0 Å². The summed E-state index contributed by atoms with van der Waals surface area (Å²) in [4.78, 5) is 20.2. The largest absolute Gasteiger partial charge is 0.378 e. The zero-order chi connectivity index (χ0) is 21.6. The van der Waals surface area contributed by atoms with E-state index in [9.17, 15) is 13.6 Å². The van der Waals surface area contributed by atoms with Gasteiger partial charge in [-0.1, -0.05) is 11.6 Å². The van der Waals surface area contributed by atoms with E-state index in [1.807, 2.05) is 6.20 Å². The molecule has 8 nitrogen and oxygen atoms in total. The number of alkyl halides is 2. The van der Waals surface area contributed by atoms with Gasteiger partial charge in [-0.3, -0.25) is 14.5 Å². The third kappa shape index (κ3) is 3.70. The normalized spacial score (nSPS) is 17.1. The molecule has 162 valence electrons. The summed E-state index contributed by atoms with van der Waals surface area (Å²) in [5, 5.41) is 8.91. The molecule has 31 heavy (non-hydrogen) atoms. The van der Waals surface area contributed by atoms with Crippen molar-refractivity contribution >= 4 is 29.5 Å². The maximum atomic E-state index is 13.4. The van der Waals surface area contributed by atoms with E-state index in [1.165, 1.54) is 22.8 Å². The van der Waals surface area contributed by atoms with Crippen LogP contribution in [0.2, 0.25) is 5.02 Å². The first-order chi connectivity index (χ1) is 14.9. The van der Waals surface area contributed by atoms with Crippen molar-refractivity contribution in [1.29, 1.82) is 0 Å². The lowest BCUT2D eigenvalue weighted by Crippen LogP contribution is -2.58. The van der Waals surface area contributed by atoms with Crippen molar-refractivity contribution in [1.82, 2.24) is 28.9 Å². The second-order valence-corrected chi connectivity index (χ2v) is 8.89. The molecule has 0 saturated carbocycles. The molecule has 0 radical (unpaired) electrons. The van der Waals surface area contributed by atoms with Crippen LogP contribution in [0.15, 0.2) is 41.8 Å². The van der Waals surface area contributed by atoms with Crippen molar-refractivity contribution in [3.63, 3.8) is 0 Å². The molecule has 2 aliphatic rings. The third-order valence-electron chi connectivity index (χ3n) is 5.30. The molecule has 5 heterocycles. The highest BCUT2D eigenvalue weighted by atomic mass is 35.5. The van der Waals surface area contributed by atoms with Crippen LogP contribution in [-0.4, -0.2) is 54.4 Å². The Balaban J connectivity index is 1.28. The van der Waals surface area contributed by atoms with Gasteiger partial charge in [-0.15, -0.1) is 0 Å². The second kappa shape index (κ2) is 7.88. The van der Waals surface area contributed by atoms with Gasteiger partial charge in [0.05, 0.1) is 47.3 Å². The van der Waals surface area contributed by atoms with Crippen LogP contribution in [0.3, 0.4) is 0 Å². The molecular weight excluding hydrogens is 450 g/mol. The molecule has 0 aromatic carbocycles. The van der Waals surface area contributed by atoms with Crippen LogP contribution >= 0.6 is 23.5 Å². The molecule has 12 heteroatoms. The van der Waals surface area contributed by atoms with Crippen LogP contribution in [-0.2, 0) is 34.6 Å². The van der Waals surface area contributed by atoms with Crippen molar-refractivity contribution in [2.45, 2.75) is 36.4 Å². The smallest absolute Gasteiger partial charge is 0.257 e. The molecule has 0 aliphatic carbocycles. The van der Waals surface area contributed by atoms with E-state index >= 15 is 0 Å². The molecule has 1 fully saturated rings. The number of carbonyl (C=O) groups is 1. The number of nitrogens with zero attached hydrogens (tertiary/aromatic N) is 6. The van der Waals surface area contributed by atoms with Crippen molar-refractivity contribution in [2.75, 3.05) is 13.2 Å². The van der Waals surface area contributed by atoms with E-state index in [1.54, 1.807) is 33.5 Å². The zero-order valence-corrected chi connectivity index (χ0v) is 17.7. The Morgan fingerprint density at radius 3 is 2.84 bits per heavy atom. The molecule has 0 bridgehead atoms. The highest BCUT2D eigenvalue weighted by Gasteiger charge is 2.52. The van der Waals surface area contributed by atoms with Gasteiger partial charge in [0.25, 0.3) is 6.43 Å². The summed E-state index contributed by atoms with van der Waals surface area (Å²) < 4.78 is 33.2. The fourth-order valence-corrected chi connectivity index (χ4v) is 4.87. The minimum Gasteiger partial charge on any atom is -0.378 e. The monoisotopic (exact) mass is 466 g/mol. The minimum absolute atomic E-state index is 0.0789. The van der Waals surface area contributed by atoms with Crippen molar-refractivity contribution in [3.8, 4) is 0 Å². The molecule has 1 saturated heterocycles. The van der Waals surface area contributed by atoms with Crippen molar-refractivity contribution < 1.29 is 18.3 Å². The first kappa shape index (κ1) is 20.4. The number of aromatic nitrogens is 5. The van der Waals surface area contributed by atoms with E-state index in [-0.39, 0.29) is 19.1 Å². The summed E-state index contributed by atoms with van der Waals surface area (Å²) in [6.07, 6.45) is 4.08. The molecule has 3 aromatic rings. The lowest BCUT2D eigenvalue weighted by atomic mass is 9.80. The van der Waals surface area contributed by atoms with E-state index in [4.69, 9.17) is 16.3 Å². The van der Waals surface area contributed by atoms with Crippen LogP contribution in [0.5, 0.6) is 0 Å². The van der Waals surface area contributed by atoms with Crippen LogP contribution < -0.4 is 0 Å². The quantitative estimate of drug-likeness (QED) is 0.556. The number of carbonyl (C=O) groups excluding carboxylic acids is 1. The minimum atomic E-state index is -2.46. The lowest BCUT2D eigenvalue weighted by Gasteiger charge is -2.41. The van der Waals surface area contributed by atoms with Crippen LogP contribution in [0.4, 0.5) is 8.78 Å². The van der Waals surface area contributed by atoms with Crippen LogP contribution in [0.1, 0.15) is 17.0 Å². The Bertz CT molecular complexity index is 1110. The summed E-state index contributed by atoms with van der Waals surface area (Å²) in [5.41, 5.74) is 1.40. The number of hydrogen-bond donors (Lipinski definition) is 0. The number of rotatable bonds is 6. The van der Waals surface area contributed by atoms with Crippen LogP contribution in [0, 0.1) is 0 Å². The molecule has 5 rings (SSSR count). The van der Waals surface area contributed by atoms with Gasteiger partial charge in [0, 0.05) is 42.6 Å². The first-order valence-corrected chi connectivity index (χ1v) is 10.6. The topological polar surface area (TPSA) is 78.1 Å². The molecule has 3 aromatic heterocycles. The van der Waals surface area contributed by atoms with Gasteiger partial charge in [0.2, 0.25) is 5.91 Å². The number of fused-ring (bicyclic) bond motifs is 1. The van der Waals surface area contributed by atoms with Crippen LogP contribution in [0.25, 0.3) is 0 Å². The van der Waals surface area contributed by atoms with Gasteiger partial charge in [-0.25, -0.2) is 12.9 Å². The zero-order valence-electron chi connectivity index (χ0n) is 16.1. The van der Waals surface area contributed by atoms with E-state index in [0.29, 0.717) is 28.7 Å². The summed E-state index contributed by atoms with van der Waals surface area (Å²) in [7, 11) is 0. The number of halogens is 3. The fraction of sp³-hybridized carbons (Fsp3) is 0.368. The lowest BCUT2D eigenvalue weighted by molar-refractivity contribution is -0.157. The predicted molar refractivity (Wildman–Crippen MR) is 108 cm³/mol. The van der Waals surface area contributed by atoms with Gasteiger partial charge in [-0.2, -0.15) is 10.2 Å². The van der Waals surface area contributed by atoms with E-state index in [2.05, 4.69) is 15.2 Å². The Labute approximate surface area is 185 Å². The van der Waals surface area contributed by atoms with Gasteiger partial charge < -0.3 is 9.64 Å². The molecule has 2 aliphatic heterocycles. The highest BCUT2D eigenvalue weighted by molar-refractivity contribution is 7.97. The number of amides is 1. The van der Waals surface area contributed by atoms with E-state index in [0.717, 1.165) is 11.3 Å². The third-order valence-corrected chi connectivity index (χ3v) is 6.40. The van der Waals surface area contributed by atoms with Crippen molar-refractivity contribution in [2.24, 2.45) is 0 Å². The maximum Gasteiger partial charge on any atom is 0.257 e. The summed E-state index contributed by atoms with van der Waals surface area (Å²) in [6, 6.07) is 3.45. The Morgan fingerprint density at radius 1 is 1.32 bits per heavy atom. The Morgan fingerprint density at radius 2 is 2.16 bits per heavy atom. The maximum absolute atomic E-state index is 13.4. The highest BCUT2D eigenvalue weighted by Crippen LogP contribution is 2.39. The van der Waals surface area contributed by atoms with E-state index < -0.39 is 18.4 Å². The summed E-state index contributed by atoms with van der Waals surface area (Å²) in [5.74, 6) is -0.0789. The number of ether oxygens (including phenoxy) is 1. The number of hydrogen-bond acceptors (Lipinski definition) is 6. The average Bonchev–Trinajstić information content (AvgIpc) is 3.37. The second-order valence-electron chi connectivity index (χ2n) is 7.45. The number of pyridine rings is 1. The van der Waals surface area contributed by atoms with Gasteiger partial charge in [-0.05, 0) is 12.1 Å². The van der Waals surface area contributed by atoms with Crippen molar-refractivity contribution in [3.05, 3.63) is 58.9 Å². The molecule has 0 unspecified atom stereocenters. The predicted octanol–water partition coefficient (Wildman–Crippen LogP) is 2.76. The van der Waals surface area contributed by atoms with Gasteiger partial charge in [0.15, 0.2) is 0 Å². The summed E-state index contributed by atoms with van der Waals surface area (Å²) >= 11 is 7.59. The molecule has 0 atom stereocenters. The van der Waals surface area contributed by atoms with Gasteiger partial charge in [0.1, 0.15) is 12.0 Å². The first-order valence-electron chi connectivity index (χ1n) is 9.49. The summed E-state index contributed by atoms with van der Waals surface area (Å²) in [6.45, 7) is 0.841. The standard InChI is InChI=1S/C19H17ClF2N6O2S/c20-14-2-1-3-23-17(14)19(10-30-11-19)18(29)26-5-12-6-28(25-15(12)8-26)31-13-4-24-27(7-13)9-16(21)22/h1-4,6-7,16H,5,8-11H2. The SMILES string of the molecule is O=C(N1Cc2cn(Sc3cnn(CC(F)F)c3)nc2C1)C1(c2ncccc2Cl)COC1. The Kier molecular flexibility index (Phi) is 5.19. The molecule has 1 amide bonds. The average molecular weight is 467 g/mol. The molecule has 0 N–H and O–H groups in total.